The molecule has 1 fully saturated rings. The maximum Gasteiger partial charge on any atom is 0.407 e. The van der Waals surface area contributed by atoms with Crippen LogP contribution in [-0.2, 0) is 4.74 Å². The highest BCUT2D eigenvalue weighted by Gasteiger charge is 2.28. The van der Waals surface area contributed by atoms with E-state index in [9.17, 15) is 4.79 Å². The first kappa shape index (κ1) is 10.4. The van der Waals surface area contributed by atoms with E-state index in [1.54, 1.807) is 12.3 Å². The topological polar surface area (TPSA) is 51.2 Å². The van der Waals surface area contributed by atoms with E-state index >= 15 is 0 Å². The third-order valence-corrected chi connectivity index (χ3v) is 3.09. The van der Waals surface area contributed by atoms with Gasteiger partial charge < -0.3 is 10.1 Å². The first-order chi connectivity index (χ1) is 8.25. The summed E-state index contributed by atoms with van der Waals surface area (Å²) in [6, 6.07) is 7.51. The number of hydrogen-bond donors (Lipinski definition) is 1. The van der Waals surface area contributed by atoms with Gasteiger partial charge in [-0.15, -0.1) is 0 Å². The Hall–Kier alpha value is -1.81. The molecule has 0 bridgehead atoms. The Labute approximate surface area is 103 Å². The van der Waals surface area contributed by atoms with Crippen molar-refractivity contribution in [1.82, 2.24) is 10.3 Å². The quantitative estimate of drug-likeness (QED) is 0.844. The Morgan fingerprint density at radius 2 is 2.29 bits per heavy atom. The fourth-order valence-corrected chi connectivity index (χ4v) is 2.27. The van der Waals surface area contributed by atoms with E-state index in [-0.39, 0.29) is 6.10 Å². The molecule has 1 saturated heterocycles. The highest BCUT2D eigenvalue weighted by molar-refractivity contribution is 6.32. The van der Waals surface area contributed by atoms with Gasteiger partial charge in [0.2, 0.25) is 0 Å². The van der Waals surface area contributed by atoms with Crippen molar-refractivity contribution >= 4 is 28.6 Å². The van der Waals surface area contributed by atoms with E-state index in [2.05, 4.69) is 10.3 Å². The molecular weight excluding hydrogens is 240 g/mol. The number of carbonyl (C=O) groups excluding carboxylic acids is 1. The second-order valence-electron chi connectivity index (χ2n) is 3.81. The van der Waals surface area contributed by atoms with Gasteiger partial charge in [-0.05, 0) is 12.1 Å². The first-order valence-corrected chi connectivity index (χ1v) is 5.61. The zero-order valence-electron chi connectivity index (χ0n) is 8.81. The smallest absolute Gasteiger partial charge is 0.407 e. The van der Waals surface area contributed by atoms with Crippen LogP contribution in [0.25, 0.3) is 10.9 Å². The summed E-state index contributed by atoms with van der Waals surface area (Å²) in [5.74, 6) is 0. The average Bonchev–Trinajstić information content (AvgIpc) is 2.75. The Balaban J connectivity index is 2.20. The van der Waals surface area contributed by atoms with E-state index in [0.29, 0.717) is 11.6 Å². The molecule has 0 saturated carbocycles. The number of amides is 1. The molecular formula is C12H9ClN2O2. The van der Waals surface area contributed by atoms with Crippen LogP contribution in [0.4, 0.5) is 4.79 Å². The van der Waals surface area contributed by atoms with E-state index in [0.717, 1.165) is 16.5 Å². The van der Waals surface area contributed by atoms with Gasteiger partial charge in [0.15, 0.2) is 0 Å². The van der Waals surface area contributed by atoms with Crippen molar-refractivity contribution < 1.29 is 9.53 Å². The van der Waals surface area contributed by atoms with Crippen molar-refractivity contribution in [3.63, 3.8) is 0 Å². The molecule has 2 heterocycles. The number of aromatic nitrogens is 1. The van der Waals surface area contributed by atoms with Crippen molar-refractivity contribution in [3.05, 3.63) is 41.0 Å². The number of rotatable bonds is 1. The summed E-state index contributed by atoms with van der Waals surface area (Å²) in [5, 5.41) is 4.16. The van der Waals surface area contributed by atoms with Gasteiger partial charge >= 0.3 is 6.09 Å². The van der Waals surface area contributed by atoms with Crippen molar-refractivity contribution in [2.24, 2.45) is 0 Å². The second-order valence-corrected chi connectivity index (χ2v) is 4.22. The fraction of sp³-hybridized carbons (Fsp3) is 0.167. The molecule has 1 aromatic carbocycles. The molecule has 1 atom stereocenters. The van der Waals surface area contributed by atoms with Gasteiger partial charge in [-0.3, -0.25) is 4.98 Å². The number of cyclic esters (lactones) is 1. The van der Waals surface area contributed by atoms with Crippen molar-refractivity contribution in [3.8, 4) is 0 Å². The Kier molecular flexibility index (Phi) is 2.37. The van der Waals surface area contributed by atoms with Gasteiger partial charge in [0.25, 0.3) is 0 Å². The van der Waals surface area contributed by atoms with Gasteiger partial charge in [0.05, 0.1) is 12.1 Å². The zero-order chi connectivity index (χ0) is 11.8. The highest BCUT2D eigenvalue weighted by Crippen LogP contribution is 2.33. The Bertz CT molecular complexity index is 600. The molecule has 0 spiro atoms. The molecule has 1 aliphatic rings. The summed E-state index contributed by atoms with van der Waals surface area (Å²) in [6.07, 6.45) is 0.916. The lowest BCUT2D eigenvalue weighted by atomic mass is 10.0. The maximum atomic E-state index is 11.1. The molecule has 2 aromatic rings. The summed E-state index contributed by atoms with van der Waals surface area (Å²) in [7, 11) is 0. The molecule has 3 rings (SSSR count). The number of nitrogens with one attached hydrogen (secondary N) is 1. The van der Waals surface area contributed by atoms with Crippen LogP contribution < -0.4 is 5.32 Å². The number of pyridine rings is 1. The number of hydrogen-bond acceptors (Lipinski definition) is 3. The van der Waals surface area contributed by atoms with Crippen LogP contribution in [0.1, 0.15) is 11.7 Å². The Morgan fingerprint density at radius 1 is 1.41 bits per heavy atom. The highest BCUT2D eigenvalue weighted by atomic mass is 35.5. The number of nitrogens with zero attached hydrogens (tertiary/aromatic N) is 1. The number of ether oxygens (including phenoxy) is 1. The second kappa shape index (κ2) is 3.89. The first-order valence-electron chi connectivity index (χ1n) is 5.23. The monoisotopic (exact) mass is 248 g/mol. The molecule has 4 nitrogen and oxygen atoms in total. The molecule has 1 amide bonds. The summed E-state index contributed by atoms with van der Waals surface area (Å²) < 4.78 is 5.16. The molecule has 17 heavy (non-hydrogen) atoms. The molecule has 1 aliphatic heterocycles. The maximum absolute atomic E-state index is 11.1. The number of fused-ring (bicyclic) bond motifs is 1. The molecule has 1 aromatic heterocycles. The van der Waals surface area contributed by atoms with Crippen molar-refractivity contribution in [2.45, 2.75) is 6.10 Å². The Morgan fingerprint density at radius 3 is 3.06 bits per heavy atom. The molecule has 1 N–H and O–H groups in total. The van der Waals surface area contributed by atoms with Crippen molar-refractivity contribution in [1.29, 1.82) is 0 Å². The lowest BCUT2D eigenvalue weighted by Crippen LogP contribution is -2.12. The zero-order valence-corrected chi connectivity index (χ0v) is 9.57. The lowest BCUT2D eigenvalue weighted by molar-refractivity contribution is 0.141. The predicted octanol–water partition coefficient (Wildman–Crippen LogP) is 2.67. The largest absolute Gasteiger partial charge is 0.439 e. The third-order valence-electron chi connectivity index (χ3n) is 2.76. The van der Waals surface area contributed by atoms with Gasteiger partial charge in [0.1, 0.15) is 6.10 Å². The van der Waals surface area contributed by atoms with Crippen LogP contribution >= 0.6 is 11.6 Å². The summed E-state index contributed by atoms with van der Waals surface area (Å²) >= 11 is 6.17. The summed E-state index contributed by atoms with van der Waals surface area (Å²) in [5.41, 5.74) is 1.55. The van der Waals surface area contributed by atoms with E-state index in [1.165, 1.54) is 0 Å². The van der Waals surface area contributed by atoms with Crippen LogP contribution in [0.3, 0.4) is 0 Å². The van der Waals surface area contributed by atoms with Crippen LogP contribution in [0.15, 0.2) is 30.5 Å². The fourth-order valence-electron chi connectivity index (χ4n) is 2.00. The molecule has 86 valence electrons. The minimum atomic E-state index is -0.418. The number of alkyl carbamates (subject to hydrolysis) is 1. The van der Waals surface area contributed by atoms with Crippen LogP contribution in [-0.4, -0.2) is 17.6 Å². The molecule has 0 radical (unpaired) electrons. The van der Waals surface area contributed by atoms with Gasteiger partial charge in [-0.1, -0.05) is 23.7 Å². The number of benzene rings is 1. The standard InChI is InChI=1S/C12H9ClN2O2/c13-8-4-3-7-2-1-5-14-11(7)10(8)9-6-15-12(16)17-9/h1-5,9H,6H2,(H,15,16). The van der Waals surface area contributed by atoms with Crippen LogP contribution in [0.2, 0.25) is 5.02 Å². The van der Waals surface area contributed by atoms with E-state index in [4.69, 9.17) is 16.3 Å². The van der Waals surface area contributed by atoms with Crippen molar-refractivity contribution in [2.75, 3.05) is 6.54 Å². The molecule has 1 unspecified atom stereocenters. The van der Waals surface area contributed by atoms with E-state index in [1.807, 2.05) is 18.2 Å². The van der Waals surface area contributed by atoms with E-state index < -0.39 is 6.09 Å². The predicted molar refractivity (Wildman–Crippen MR) is 64.0 cm³/mol. The number of carbonyl (C=O) groups is 1. The normalized spacial score (nSPS) is 19.1. The average molecular weight is 249 g/mol. The van der Waals surface area contributed by atoms with Crippen LogP contribution in [0, 0.1) is 0 Å². The third kappa shape index (κ3) is 1.70. The van der Waals surface area contributed by atoms with Gasteiger partial charge in [-0.25, -0.2) is 4.79 Å². The lowest BCUT2D eigenvalue weighted by Gasteiger charge is -2.12. The minimum Gasteiger partial charge on any atom is -0.439 e. The molecule has 0 aliphatic carbocycles. The number of halogens is 1. The summed E-state index contributed by atoms with van der Waals surface area (Å²) in [6.45, 7) is 0.425. The SMILES string of the molecule is O=C1NCC(c2c(Cl)ccc3cccnc23)O1. The minimum absolute atomic E-state index is 0.367. The van der Waals surface area contributed by atoms with Crippen LogP contribution in [0.5, 0.6) is 0 Å². The molecule has 5 heteroatoms. The van der Waals surface area contributed by atoms with Gasteiger partial charge in [-0.2, -0.15) is 0 Å². The van der Waals surface area contributed by atoms with Gasteiger partial charge in [0, 0.05) is 22.2 Å². The summed E-state index contributed by atoms with van der Waals surface area (Å²) in [4.78, 5) is 15.4.